The Hall–Kier alpha value is -3.64. The Kier molecular flexibility index (Phi) is 4.29. The highest BCUT2D eigenvalue weighted by molar-refractivity contribution is 6.30. The maximum Gasteiger partial charge on any atom is 0.269 e. The predicted molar refractivity (Wildman–Crippen MR) is 117 cm³/mol. The number of hydrogen-bond acceptors (Lipinski definition) is 4. The summed E-state index contributed by atoms with van der Waals surface area (Å²) >= 11 is 6.01. The molecule has 0 aliphatic rings. The van der Waals surface area contributed by atoms with Gasteiger partial charge >= 0.3 is 0 Å². The molecule has 5 rings (SSSR count). The van der Waals surface area contributed by atoms with Crippen molar-refractivity contribution in [1.29, 1.82) is 0 Å². The van der Waals surface area contributed by atoms with Gasteiger partial charge in [0, 0.05) is 5.02 Å². The Morgan fingerprint density at radius 2 is 1.73 bits per heavy atom. The molecule has 148 valence electrons. The van der Waals surface area contributed by atoms with E-state index in [1.54, 1.807) is 46.0 Å². The first-order valence-electron chi connectivity index (χ1n) is 9.41. The molecule has 0 aliphatic carbocycles. The molecule has 0 N–H and O–H groups in total. The van der Waals surface area contributed by atoms with Crippen LogP contribution in [0.3, 0.4) is 0 Å². The number of halogens is 1. The Balaban J connectivity index is 1.83. The second-order valence-corrected chi connectivity index (χ2v) is 7.53. The summed E-state index contributed by atoms with van der Waals surface area (Å²) in [5, 5.41) is 5.45. The molecule has 5 aromatic rings. The molecule has 0 saturated heterocycles. The smallest absolute Gasteiger partial charge is 0.269 e. The number of fused-ring (bicyclic) bond motifs is 1. The summed E-state index contributed by atoms with van der Waals surface area (Å²) in [7, 11) is 0. The van der Waals surface area contributed by atoms with Gasteiger partial charge < -0.3 is 4.42 Å². The lowest BCUT2D eigenvalue weighted by molar-refractivity contribution is 0.574. The summed E-state index contributed by atoms with van der Waals surface area (Å²) in [6.07, 6.45) is 3.11. The van der Waals surface area contributed by atoms with Crippen molar-refractivity contribution in [1.82, 2.24) is 19.3 Å². The van der Waals surface area contributed by atoms with Gasteiger partial charge in [-0.2, -0.15) is 5.10 Å². The van der Waals surface area contributed by atoms with Crippen LogP contribution < -0.4 is 5.56 Å². The van der Waals surface area contributed by atoms with Crippen LogP contribution in [-0.2, 0) is 0 Å². The minimum atomic E-state index is -0.213. The van der Waals surface area contributed by atoms with Crippen molar-refractivity contribution in [2.45, 2.75) is 13.8 Å². The number of aromatic nitrogens is 4. The van der Waals surface area contributed by atoms with Crippen LogP contribution in [0.5, 0.6) is 0 Å². The maximum atomic E-state index is 13.5. The molecule has 0 aliphatic heterocycles. The van der Waals surface area contributed by atoms with Crippen molar-refractivity contribution >= 4 is 22.6 Å². The van der Waals surface area contributed by atoms with E-state index in [0.717, 1.165) is 22.5 Å². The molecule has 0 unspecified atom stereocenters. The average molecular weight is 417 g/mol. The van der Waals surface area contributed by atoms with Crippen LogP contribution in [0, 0.1) is 13.8 Å². The molecule has 0 saturated carbocycles. The van der Waals surface area contributed by atoms with E-state index in [4.69, 9.17) is 21.0 Å². The molecule has 6 nitrogen and oxygen atoms in total. The van der Waals surface area contributed by atoms with Crippen molar-refractivity contribution in [3.63, 3.8) is 0 Å². The fraction of sp³-hybridized carbons (Fsp3) is 0.0870. The molecular weight excluding hydrogens is 400 g/mol. The van der Waals surface area contributed by atoms with Crippen molar-refractivity contribution < 1.29 is 4.42 Å². The van der Waals surface area contributed by atoms with E-state index in [0.29, 0.717) is 27.6 Å². The van der Waals surface area contributed by atoms with E-state index >= 15 is 0 Å². The highest BCUT2D eigenvalue weighted by Crippen LogP contribution is 2.25. The Bertz CT molecular complexity index is 1430. The van der Waals surface area contributed by atoms with Gasteiger partial charge in [-0.3, -0.25) is 9.36 Å². The third kappa shape index (κ3) is 2.93. The first-order valence-corrected chi connectivity index (χ1v) is 9.79. The van der Waals surface area contributed by atoms with Crippen molar-refractivity contribution in [2.24, 2.45) is 0 Å². The zero-order valence-corrected chi connectivity index (χ0v) is 17.1. The summed E-state index contributed by atoms with van der Waals surface area (Å²) in [6.45, 7) is 4.05. The topological polar surface area (TPSA) is 65.8 Å². The van der Waals surface area contributed by atoms with Crippen LogP contribution in [0.4, 0.5) is 0 Å². The van der Waals surface area contributed by atoms with Crippen molar-refractivity contribution in [3.05, 3.63) is 93.6 Å². The van der Waals surface area contributed by atoms with Crippen LogP contribution in [0.1, 0.15) is 11.1 Å². The molecule has 30 heavy (non-hydrogen) atoms. The largest absolute Gasteiger partial charge is 0.461 e. The minimum absolute atomic E-state index is 0.213. The first kappa shape index (κ1) is 18.4. The van der Waals surface area contributed by atoms with Crippen LogP contribution >= 0.6 is 11.6 Å². The van der Waals surface area contributed by atoms with Gasteiger partial charge in [0.25, 0.3) is 5.56 Å². The van der Waals surface area contributed by atoms with Gasteiger partial charge in [0.2, 0.25) is 0 Å². The van der Waals surface area contributed by atoms with Gasteiger partial charge in [-0.1, -0.05) is 17.7 Å². The SMILES string of the molecule is Cc1ccc(-n2c(-c3ccco3)nc3c(cnn3-c3ccc(Cl)cc3)c2=O)cc1C. The number of nitrogens with zero attached hydrogens (tertiary/aromatic N) is 4. The van der Waals surface area contributed by atoms with Crippen LogP contribution in [-0.4, -0.2) is 19.3 Å². The second-order valence-electron chi connectivity index (χ2n) is 7.09. The van der Waals surface area contributed by atoms with E-state index in [2.05, 4.69) is 5.10 Å². The van der Waals surface area contributed by atoms with E-state index < -0.39 is 0 Å². The van der Waals surface area contributed by atoms with Gasteiger partial charge in [0.15, 0.2) is 17.2 Å². The normalized spacial score (nSPS) is 11.3. The fourth-order valence-electron chi connectivity index (χ4n) is 3.41. The van der Waals surface area contributed by atoms with E-state index in [1.165, 1.54) is 0 Å². The Labute approximate surface area is 177 Å². The summed E-state index contributed by atoms with van der Waals surface area (Å²) in [5.74, 6) is 0.910. The number of furan rings is 1. The zero-order chi connectivity index (χ0) is 20.8. The average Bonchev–Trinajstić information content (AvgIpc) is 3.41. The summed E-state index contributed by atoms with van der Waals surface area (Å²) in [4.78, 5) is 18.3. The predicted octanol–water partition coefficient (Wildman–Crippen LogP) is 5.10. The molecule has 2 aromatic carbocycles. The molecule has 0 bridgehead atoms. The fourth-order valence-corrected chi connectivity index (χ4v) is 3.54. The maximum absolute atomic E-state index is 13.5. The quantitative estimate of drug-likeness (QED) is 0.410. The van der Waals surface area contributed by atoms with Crippen LogP contribution in [0.2, 0.25) is 5.02 Å². The molecular formula is C23H17ClN4O2. The van der Waals surface area contributed by atoms with Crippen molar-refractivity contribution in [2.75, 3.05) is 0 Å². The molecule has 3 aromatic heterocycles. The monoisotopic (exact) mass is 416 g/mol. The van der Waals surface area contributed by atoms with Gasteiger partial charge in [0.05, 0.1) is 23.8 Å². The third-order valence-corrected chi connectivity index (χ3v) is 5.41. The highest BCUT2D eigenvalue weighted by Gasteiger charge is 2.20. The standard InChI is InChI=1S/C23H17ClN4O2/c1-14-5-8-18(12-15(14)2)27-22(20-4-3-11-30-20)26-21-19(23(27)29)13-25-28(21)17-9-6-16(24)7-10-17/h3-13H,1-2H3. The number of rotatable bonds is 3. The zero-order valence-electron chi connectivity index (χ0n) is 16.3. The summed E-state index contributed by atoms with van der Waals surface area (Å²) in [5.41, 5.74) is 3.96. The minimum Gasteiger partial charge on any atom is -0.461 e. The van der Waals surface area contributed by atoms with E-state index in [9.17, 15) is 4.79 Å². The number of benzene rings is 2. The Morgan fingerprint density at radius 3 is 2.43 bits per heavy atom. The first-order chi connectivity index (χ1) is 14.5. The van der Waals surface area contributed by atoms with Gasteiger partial charge in [-0.05, 0) is 73.5 Å². The van der Waals surface area contributed by atoms with Crippen LogP contribution in [0.25, 0.3) is 34.0 Å². The Morgan fingerprint density at radius 1 is 0.967 bits per heavy atom. The van der Waals surface area contributed by atoms with E-state index in [1.807, 2.05) is 44.2 Å². The lowest BCUT2D eigenvalue weighted by Crippen LogP contribution is -2.22. The van der Waals surface area contributed by atoms with E-state index in [-0.39, 0.29) is 5.56 Å². The van der Waals surface area contributed by atoms with Crippen molar-refractivity contribution in [3.8, 4) is 23.0 Å². The van der Waals surface area contributed by atoms with Gasteiger partial charge in [0.1, 0.15) is 5.39 Å². The number of hydrogen-bond donors (Lipinski definition) is 0. The second kappa shape index (κ2) is 7.00. The van der Waals surface area contributed by atoms with Gasteiger partial charge in [-0.25, -0.2) is 9.67 Å². The third-order valence-electron chi connectivity index (χ3n) is 5.16. The molecule has 3 heterocycles. The van der Waals surface area contributed by atoms with Gasteiger partial charge in [-0.15, -0.1) is 0 Å². The van der Waals surface area contributed by atoms with Crippen LogP contribution in [0.15, 0.2) is 76.3 Å². The summed E-state index contributed by atoms with van der Waals surface area (Å²) in [6, 6.07) is 16.6. The molecule has 0 spiro atoms. The lowest BCUT2D eigenvalue weighted by Gasteiger charge is -2.13. The molecule has 7 heteroatoms. The molecule has 0 fully saturated rings. The highest BCUT2D eigenvalue weighted by atomic mass is 35.5. The molecule has 0 amide bonds. The number of aryl methyl sites for hydroxylation is 2. The lowest BCUT2D eigenvalue weighted by atomic mass is 10.1. The molecule has 0 atom stereocenters. The summed E-state index contributed by atoms with van der Waals surface area (Å²) < 4.78 is 8.81. The molecule has 0 radical (unpaired) electrons.